The number of rotatable bonds is 5. The molecule has 1 aromatic carbocycles. The molecule has 0 aromatic heterocycles. The lowest BCUT2D eigenvalue weighted by Gasteiger charge is -2.32. The summed E-state index contributed by atoms with van der Waals surface area (Å²) in [6, 6.07) is 10.5. The van der Waals surface area contributed by atoms with E-state index < -0.39 is 0 Å². The average molecular weight is 265 g/mol. The molecule has 0 fully saturated rings. The van der Waals surface area contributed by atoms with Crippen molar-refractivity contribution < 1.29 is 0 Å². The first kappa shape index (κ1) is 14.9. The van der Waals surface area contributed by atoms with Gasteiger partial charge < -0.3 is 15.1 Å². The predicted molar refractivity (Wildman–Crippen MR) is 83.1 cm³/mol. The van der Waals surface area contributed by atoms with Crippen molar-refractivity contribution >= 4 is 23.0 Å². The number of hydrogen-bond donors (Lipinski definition) is 1. The van der Waals surface area contributed by atoms with Crippen LogP contribution < -0.4 is 5.32 Å². The van der Waals surface area contributed by atoms with Crippen LogP contribution in [-0.2, 0) is 0 Å². The molecule has 1 aromatic rings. The fourth-order valence-corrected chi connectivity index (χ4v) is 2.43. The van der Waals surface area contributed by atoms with E-state index in [1.54, 1.807) is 0 Å². The van der Waals surface area contributed by atoms with Gasteiger partial charge >= 0.3 is 0 Å². The van der Waals surface area contributed by atoms with Crippen molar-refractivity contribution in [1.29, 1.82) is 0 Å². The zero-order valence-corrected chi connectivity index (χ0v) is 12.5. The molecular weight excluding hydrogens is 242 g/mol. The van der Waals surface area contributed by atoms with Gasteiger partial charge in [-0.2, -0.15) is 0 Å². The molecule has 1 unspecified atom stereocenters. The monoisotopic (exact) mass is 265 g/mol. The van der Waals surface area contributed by atoms with Gasteiger partial charge in [-0.1, -0.05) is 18.2 Å². The van der Waals surface area contributed by atoms with E-state index in [-0.39, 0.29) is 0 Å². The van der Waals surface area contributed by atoms with Crippen LogP contribution in [0.25, 0.3) is 0 Å². The van der Waals surface area contributed by atoms with Crippen LogP contribution in [-0.4, -0.2) is 48.1 Å². The Morgan fingerprint density at radius 1 is 1.28 bits per heavy atom. The van der Waals surface area contributed by atoms with Crippen LogP contribution in [0.15, 0.2) is 30.3 Å². The van der Waals surface area contributed by atoms with Gasteiger partial charge in [-0.15, -0.1) is 0 Å². The zero-order chi connectivity index (χ0) is 13.5. The summed E-state index contributed by atoms with van der Waals surface area (Å²) in [7, 11) is 4.16. The fourth-order valence-electron chi connectivity index (χ4n) is 2.00. The van der Waals surface area contributed by atoms with Crippen LogP contribution in [0, 0.1) is 0 Å². The third-order valence-electron chi connectivity index (χ3n) is 2.79. The molecule has 0 amide bonds. The maximum atomic E-state index is 5.48. The summed E-state index contributed by atoms with van der Waals surface area (Å²) in [6.45, 7) is 6.23. The highest BCUT2D eigenvalue weighted by molar-refractivity contribution is 7.80. The lowest BCUT2D eigenvalue weighted by atomic mass is 10.2. The highest BCUT2D eigenvalue weighted by Crippen LogP contribution is 2.09. The molecule has 0 bridgehead atoms. The van der Waals surface area contributed by atoms with Crippen molar-refractivity contribution in [3.05, 3.63) is 30.3 Å². The van der Waals surface area contributed by atoms with Gasteiger partial charge in [-0.25, -0.2) is 0 Å². The first-order chi connectivity index (χ1) is 8.54. The molecule has 0 saturated carbocycles. The topological polar surface area (TPSA) is 18.5 Å². The lowest BCUT2D eigenvalue weighted by molar-refractivity contribution is 0.266. The van der Waals surface area contributed by atoms with Gasteiger partial charge in [0, 0.05) is 24.8 Å². The highest BCUT2D eigenvalue weighted by Gasteiger charge is 2.15. The standard InChI is InChI=1S/C14H23N3S/c1-5-17(12(2)11-16(3)4)14(18)15-13-9-7-6-8-10-13/h6-10,12H,5,11H2,1-4H3,(H,15,18). The molecule has 0 saturated heterocycles. The summed E-state index contributed by atoms with van der Waals surface area (Å²) in [4.78, 5) is 4.39. The average Bonchev–Trinajstić information content (AvgIpc) is 2.30. The zero-order valence-electron chi connectivity index (χ0n) is 11.7. The van der Waals surface area contributed by atoms with Crippen molar-refractivity contribution in [3.8, 4) is 0 Å². The van der Waals surface area contributed by atoms with Crippen molar-refractivity contribution in [2.45, 2.75) is 19.9 Å². The number of thiocarbonyl (C=S) groups is 1. The van der Waals surface area contributed by atoms with Crippen LogP contribution in [0.5, 0.6) is 0 Å². The van der Waals surface area contributed by atoms with Crippen molar-refractivity contribution in [1.82, 2.24) is 9.80 Å². The van der Waals surface area contributed by atoms with Crippen molar-refractivity contribution in [2.24, 2.45) is 0 Å². The predicted octanol–water partition coefficient (Wildman–Crippen LogP) is 2.66. The number of hydrogen-bond acceptors (Lipinski definition) is 2. The molecule has 3 nitrogen and oxygen atoms in total. The smallest absolute Gasteiger partial charge is 0.173 e. The highest BCUT2D eigenvalue weighted by atomic mass is 32.1. The number of nitrogens with zero attached hydrogens (tertiary/aromatic N) is 2. The lowest BCUT2D eigenvalue weighted by Crippen LogP contribution is -2.45. The fraction of sp³-hybridized carbons (Fsp3) is 0.500. The molecule has 0 radical (unpaired) electrons. The van der Waals surface area contributed by atoms with Gasteiger partial charge in [0.25, 0.3) is 0 Å². The largest absolute Gasteiger partial charge is 0.345 e. The van der Waals surface area contributed by atoms with E-state index in [4.69, 9.17) is 12.2 Å². The molecule has 0 aliphatic heterocycles. The van der Waals surface area contributed by atoms with Crippen LogP contribution >= 0.6 is 12.2 Å². The summed E-state index contributed by atoms with van der Waals surface area (Å²) < 4.78 is 0. The van der Waals surface area contributed by atoms with Gasteiger partial charge in [-0.3, -0.25) is 0 Å². The molecule has 0 aliphatic rings. The SMILES string of the molecule is CCN(C(=S)Nc1ccccc1)C(C)CN(C)C. The molecule has 0 spiro atoms. The van der Waals surface area contributed by atoms with Crippen LogP contribution in [0.3, 0.4) is 0 Å². The van der Waals surface area contributed by atoms with E-state index in [1.807, 2.05) is 30.3 Å². The normalized spacial score (nSPS) is 12.3. The Kier molecular flexibility index (Phi) is 6.09. The van der Waals surface area contributed by atoms with E-state index >= 15 is 0 Å². The minimum Gasteiger partial charge on any atom is -0.345 e. The van der Waals surface area contributed by atoms with Gasteiger partial charge in [0.15, 0.2) is 5.11 Å². The van der Waals surface area contributed by atoms with Gasteiger partial charge in [0.1, 0.15) is 0 Å². The Bertz CT molecular complexity index is 365. The number of nitrogens with one attached hydrogen (secondary N) is 1. The van der Waals surface area contributed by atoms with Crippen LogP contribution in [0.2, 0.25) is 0 Å². The van der Waals surface area contributed by atoms with E-state index in [0.29, 0.717) is 6.04 Å². The molecule has 0 heterocycles. The molecule has 0 aliphatic carbocycles. The molecule has 4 heteroatoms. The molecule has 18 heavy (non-hydrogen) atoms. The summed E-state index contributed by atoms with van der Waals surface area (Å²) in [5.41, 5.74) is 1.04. The van der Waals surface area contributed by atoms with E-state index in [9.17, 15) is 0 Å². The Labute approximate surface area is 116 Å². The van der Waals surface area contributed by atoms with Crippen molar-refractivity contribution in [3.63, 3.8) is 0 Å². The third-order valence-corrected chi connectivity index (χ3v) is 3.12. The maximum Gasteiger partial charge on any atom is 0.173 e. The third kappa shape index (κ3) is 4.63. The van der Waals surface area contributed by atoms with Crippen LogP contribution in [0.4, 0.5) is 5.69 Å². The van der Waals surface area contributed by atoms with E-state index in [1.165, 1.54) is 0 Å². The van der Waals surface area contributed by atoms with E-state index in [0.717, 1.165) is 23.9 Å². The Morgan fingerprint density at radius 3 is 2.39 bits per heavy atom. The Morgan fingerprint density at radius 2 is 1.89 bits per heavy atom. The number of likely N-dealkylation sites (N-methyl/N-ethyl adjacent to an activating group) is 2. The number of benzene rings is 1. The maximum absolute atomic E-state index is 5.48. The van der Waals surface area contributed by atoms with Crippen molar-refractivity contribution in [2.75, 3.05) is 32.5 Å². The first-order valence-electron chi connectivity index (χ1n) is 6.32. The quantitative estimate of drug-likeness (QED) is 0.825. The molecule has 1 rings (SSSR count). The molecular formula is C14H23N3S. The second-order valence-electron chi connectivity index (χ2n) is 4.69. The minimum absolute atomic E-state index is 0.397. The molecule has 100 valence electrons. The van der Waals surface area contributed by atoms with Gasteiger partial charge in [0.2, 0.25) is 0 Å². The van der Waals surface area contributed by atoms with E-state index in [2.05, 4.69) is 43.1 Å². The second kappa shape index (κ2) is 7.34. The Hall–Kier alpha value is -1.13. The summed E-state index contributed by atoms with van der Waals surface area (Å²) >= 11 is 5.48. The summed E-state index contributed by atoms with van der Waals surface area (Å²) in [5, 5.41) is 4.08. The molecule has 1 N–H and O–H groups in total. The van der Waals surface area contributed by atoms with Crippen LogP contribution in [0.1, 0.15) is 13.8 Å². The Balaban J connectivity index is 2.62. The first-order valence-corrected chi connectivity index (χ1v) is 6.72. The summed E-state index contributed by atoms with van der Waals surface area (Å²) in [5.74, 6) is 0. The van der Waals surface area contributed by atoms with Gasteiger partial charge in [0.05, 0.1) is 0 Å². The second-order valence-corrected chi connectivity index (χ2v) is 5.08. The minimum atomic E-state index is 0.397. The number of anilines is 1. The van der Waals surface area contributed by atoms with Gasteiger partial charge in [-0.05, 0) is 52.3 Å². The summed E-state index contributed by atoms with van der Waals surface area (Å²) in [6.07, 6.45) is 0. The number of para-hydroxylation sites is 1. The molecule has 1 atom stereocenters.